The van der Waals surface area contributed by atoms with E-state index in [2.05, 4.69) is 4.98 Å². The zero-order valence-electron chi connectivity index (χ0n) is 12.3. The second-order valence-corrected chi connectivity index (χ2v) is 5.89. The van der Waals surface area contributed by atoms with Gasteiger partial charge in [0.25, 0.3) is 0 Å². The number of fused-ring (bicyclic) bond motifs is 1. The third kappa shape index (κ3) is 3.51. The number of halogens is 3. The summed E-state index contributed by atoms with van der Waals surface area (Å²) in [4.78, 5) is 16.3. The number of thiazole rings is 1. The molecule has 0 saturated heterocycles. The van der Waals surface area contributed by atoms with Crippen molar-refractivity contribution in [2.45, 2.75) is 31.5 Å². The van der Waals surface area contributed by atoms with E-state index in [9.17, 15) is 23.2 Å². The predicted octanol–water partition coefficient (Wildman–Crippen LogP) is 3.92. The van der Waals surface area contributed by atoms with Gasteiger partial charge in [-0.15, -0.1) is 11.3 Å². The SMILES string of the molecule is CCC(OC)C(=O)C(C#N)c1nc2cc(C(F)(F)F)ccc2s1. The van der Waals surface area contributed by atoms with E-state index < -0.39 is 29.5 Å². The van der Waals surface area contributed by atoms with E-state index in [-0.39, 0.29) is 10.5 Å². The fourth-order valence-corrected chi connectivity index (χ4v) is 3.16. The van der Waals surface area contributed by atoms with Gasteiger partial charge in [-0.3, -0.25) is 4.79 Å². The van der Waals surface area contributed by atoms with Crippen molar-refractivity contribution < 1.29 is 22.7 Å². The number of Topliss-reactive ketones (excluding diaryl/α,β-unsaturated/α-hetero) is 1. The van der Waals surface area contributed by atoms with Crippen molar-refractivity contribution in [1.82, 2.24) is 4.98 Å². The Bertz CT molecular complexity index is 760. The molecule has 0 fully saturated rings. The molecule has 0 amide bonds. The predicted molar refractivity (Wildman–Crippen MR) is 79.1 cm³/mol. The molecule has 1 aromatic carbocycles. The van der Waals surface area contributed by atoms with Crippen molar-refractivity contribution >= 4 is 27.3 Å². The minimum atomic E-state index is -4.47. The van der Waals surface area contributed by atoms with Crippen LogP contribution in [0.1, 0.15) is 29.8 Å². The second kappa shape index (κ2) is 6.64. The zero-order chi connectivity index (χ0) is 17.2. The first-order valence-electron chi connectivity index (χ1n) is 6.75. The molecule has 0 spiro atoms. The van der Waals surface area contributed by atoms with Gasteiger partial charge >= 0.3 is 6.18 Å². The molecule has 2 aromatic rings. The average Bonchev–Trinajstić information content (AvgIpc) is 2.90. The molecule has 4 nitrogen and oxygen atoms in total. The number of benzene rings is 1. The lowest BCUT2D eigenvalue weighted by Crippen LogP contribution is -2.27. The molecular formula is C15H13F3N2O2S. The van der Waals surface area contributed by atoms with Gasteiger partial charge in [-0.25, -0.2) is 4.98 Å². The van der Waals surface area contributed by atoms with Crippen LogP contribution in [0, 0.1) is 11.3 Å². The van der Waals surface area contributed by atoms with Crippen LogP contribution in [-0.2, 0) is 15.7 Å². The maximum absolute atomic E-state index is 12.7. The summed E-state index contributed by atoms with van der Waals surface area (Å²) in [5.41, 5.74) is -0.691. The molecule has 2 rings (SSSR count). The quantitative estimate of drug-likeness (QED) is 0.826. The molecule has 0 radical (unpaired) electrons. The number of hydrogen-bond donors (Lipinski definition) is 0. The number of methoxy groups -OCH3 is 1. The molecule has 2 atom stereocenters. The second-order valence-electron chi connectivity index (χ2n) is 4.83. The van der Waals surface area contributed by atoms with Crippen molar-refractivity contribution in [2.24, 2.45) is 0 Å². The first-order chi connectivity index (χ1) is 10.8. The van der Waals surface area contributed by atoms with Gasteiger partial charge in [-0.2, -0.15) is 18.4 Å². The van der Waals surface area contributed by atoms with E-state index in [0.29, 0.717) is 11.1 Å². The minimum Gasteiger partial charge on any atom is -0.374 e. The van der Waals surface area contributed by atoms with Crippen LogP contribution in [-0.4, -0.2) is 24.0 Å². The van der Waals surface area contributed by atoms with E-state index in [4.69, 9.17) is 4.74 Å². The summed E-state index contributed by atoms with van der Waals surface area (Å²) < 4.78 is 43.7. The fourth-order valence-electron chi connectivity index (χ4n) is 2.16. The largest absolute Gasteiger partial charge is 0.416 e. The van der Waals surface area contributed by atoms with Gasteiger partial charge in [-0.05, 0) is 24.6 Å². The number of nitriles is 1. The summed E-state index contributed by atoms with van der Waals surface area (Å²) in [6.45, 7) is 1.74. The molecule has 0 bridgehead atoms. The molecule has 0 saturated carbocycles. The van der Waals surface area contributed by atoms with Crippen LogP contribution < -0.4 is 0 Å². The average molecular weight is 342 g/mol. The normalized spacial score (nSPS) is 14.4. The number of hydrogen-bond acceptors (Lipinski definition) is 5. The standard InChI is InChI=1S/C15H13F3N2O2S/c1-3-11(22-2)13(21)9(7-19)14-20-10-6-8(15(16,17)18)4-5-12(10)23-14/h4-6,9,11H,3H2,1-2H3. The summed E-state index contributed by atoms with van der Waals surface area (Å²) in [5, 5.41) is 9.44. The molecule has 8 heteroatoms. The number of carbonyl (C=O) groups excluding carboxylic acids is 1. The van der Waals surface area contributed by atoms with Gasteiger partial charge < -0.3 is 4.74 Å². The summed E-state index contributed by atoms with van der Waals surface area (Å²) in [6, 6.07) is 5.04. The van der Waals surface area contributed by atoms with Gasteiger partial charge in [0.2, 0.25) is 0 Å². The van der Waals surface area contributed by atoms with Crippen molar-refractivity contribution in [2.75, 3.05) is 7.11 Å². The molecule has 2 unspecified atom stereocenters. The molecule has 122 valence electrons. The maximum Gasteiger partial charge on any atom is 0.416 e. The topological polar surface area (TPSA) is 63.0 Å². The lowest BCUT2D eigenvalue weighted by Gasteiger charge is -2.13. The van der Waals surface area contributed by atoms with Crippen LogP contribution in [0.4, 0.5) is 13.2 Å². The smallest absolute Gasteiger partial charge is 0.374 e. The number of nitrogens with zero attached hydrogens (tertiary/aromatic N) is 2. The Morgan fingerprint density at radius 3 is 2.70 bits per heavy atom. The maximum atomic E-state index is 12.7. The van der Waals surface area contributed by atoms with Gasteiger partial charge in [0.05, 0.1) is 21.8 Å². The summed E-state index contributed by atoms with van der Waals surface area (Å²) in [7, 11) is 1.37. The third-order valence-electron chi connectivity index (χ3n) is 3.36. The highest BCUT2D eigenvalue weighted by atomic mass is 32.1. The number of ketones is 1. The molecule has 0 N–H and O–H groups in total. The zero-order valence-corrected chi connectivity index (χ0v) is 13.2. The van der Waals surface area contributed by atoms with Crippen molar-refractivity contribution in [3.63, 3.8) is 0 Å². The van der Waals surface area contributed by atoms with Crippen LogP contribution in [0.2, 0.25) is 0 Å². The first kappa shape index (κ1) is 17.4. The van der Waals surface area contributed by atoms with E-state index in [0.717, 1.165) is 23.5 Å². The lowest BCUT2D eigenvalue weighted by molar-refractivity contribution is -0.137. The van der Waals surface area contributed by atoms with E-state index in [1.807, 2.05) is 6.07 Å². The minimum absolute atomic E-state index is 0.123. The highest BCUT2D eigenvalue weighted by molar-refractivity contribution is 7.18. The van der Waals surface area contributed by atoms with Crippen LogP contribution >= 0.6 is 11.3 Å². The Morgan fingerprint density at radius 1 is 1.48 bits per heavy atom. The highest BCUT2D eigenvalue weighted by Gasteiger charge is 2.32. The molecule has 23 heavy (non-hydrogen) atoms. The Kier molecular flexibility index (Phi) is 5.02. The van der Waals surface area contributed by atoms with Crippen LogP contribution in [0.25, 0.3) is 10.2 Å². The summed E-state index contributed by atoms with van der Waals surface area (Å²) in [5.74, 6) is -1.58. The van der Waals surface area contributed by atoms with Crippen LogP contribution in [0.5, 0.6) is 0 Å². The van der Waals surface area contributed by atoms with Crippen LogP contribution in [0.15, 0.2) is 18.2 Å². The van der Waals surface area contributed by atoms with Crippen molar-refractivity contribution in [3.05, 3.63) is 28.8 Å². The van der Waals surface area contributed by atoms with E-state index >= 15 is 0 Å². The van der Waals surface area contributed by atoms with Crippen molar-refractivity contribution in [1.29, 1.82) is 5.26 Å². The summed E-state index contributed by atoms with van der Waals surface area (Å²) in [6.07, 6.45) is -4.81. The monoisotopic (exact) mass is 342 g/mol. The Balaban J connectivity index is 2.43. The molecule has 0 aliphatic heterocycles. The Morgan fingerprint density at radius 2 is 2.17 bits per heavy atom. The Labute approximate surface area is 134 Å². The molecular weight excluding hydrogens is 329 g/mol. The molecule has 1 aromatic heterocycles. The number of carbonyl (C=O) groups is 1. The molecule has 1 heterocycles. The van der Waals surface area contributed by atoms with Crippen LogP contribution in [0.3, 0.4) is 0 Å². The number of rotatable bonds is 5. The number of ether oxygens (including phenoxy) is 1. The van der Waals surface area contributed by atoms with Gasteiger partial charge in [-0.1, -0.05) is 6.92 Å². The first-order valence-corrected chi connectivity index (χ1v) is 7.57. The number of aromatic nitrogens is 1. The van der Waals surface area contributed by atoms with E-state index in [1.165, 1.54) is 13.2 Å². The number of alkyl halides is 3. The third-order valence-corrected chi connectivity index (χ3v) is 4.47. The van der Waals surface area contributed by atoms with Crippen molar-refractivity contribution in [3.8, 4) is 6.07 Å². The fraction of sp³-hybridized carbons (Fsp3) is 0.400. The highest BCUT2D eigenvalue weighted by Crippen LogP contribution is 2.34. The van der Waals surface area contributed by atoms with Gasteiger partial charge in [0.15, 0.2) is 11.7 Å². The Hall–Kier alpha value is -1.98. The van der Waals surface area contributed by atoms with Gasteiger partial charge in [0, 0.05) is 7.11 Å². The van der Waals surface area contributed by atoms with E-state index in [1.54, 1.807) is 6.92 Å². The molecule has 0 aliphatic rings. The van der Waals surface area contributed by atoms with Gasteiger partial charge in [0.1, 0.15) is 11.1 Å². The lowest BCUT2D eigenvalue weighted by atomic mass is 10.0. The molecule has 0 aliphatic carbocycles. The summed E-state index contributed by atoms with van der Waals surface area (Å²) >= 11 is 1.04.